The highest BCUT2D eigenvalue weighted by Crippen LogP contribution is 2.30. The molecule has 7 heteroatoms. The summed E-state index contributed by atoms with van der Waals surface area (Å²) in [5.41, 5.74) is 6.57. The maximum absolute atomic E-state index is 12.5. The molecule has 2 aromatic carbocycles. The van der Waals surface area contributed by atoms with E-state index in [9.17, 15) is 9.59 Å². The van der Waals surface area contributed by atoms with Gasteiger partial charge in [-0.2, -0.15) is 0 Å². The minimum Gasteiger partial charge on any atom is -0.457 e. The SMILES string of the molecule is N=C(N)NC[C@H]1CC[C@H](C(=O)Oc2cccc(C(=O)OCc3ccccc3)c2)CC1. The second kappa shape index (κ2) is 10.4. The van der Waals surface area contributed by atoms with Crippen LogP contribution in [0.3, 0.4) is 0 Å². The summed E-state index contributed by atoms with van der Waals surface area (Å²) in [4.78, 5) is 24.8. The maximum Gasteiger partial charge on any atom is 0.338 e. The van der Waals surface area contributed by atoms with Crippen LogP contribution in [0, 0.1) is 17.2 Å². The molecule has 7 nitrogen and oxygen atoms in total. The van der Waals surface area contributed by atoms with Gasteiger partial charge in [0.05, 0.1) is 11.5 Å². The number of hydrogen-bond donors (Lipinski definition) is 3. The lowest BCUT2D eigenvalue weighted by Gasteiger charge is -2.27. The number of ether oxygens (including phenoxy) is 2. The summed E-state index contributed by atoms with van der Waals surface area (Å²) in [6.45, 7) is 0.843. The molecule has 30 heavy (non-hydrogen) atoms. The number of carbonyl (C=O) groups is 2. The predicted octanol–water partition coefficient (Wildman–Crippen LogP) is 3.24. The fourth-order valence-electron chi connectivity index (χ4n) is 3.55. The number of hydrogen-bond acceptors (Lipinski definition) is 5. The van der Waals surface area contributed by atoms with Crippen LogP contribution in [0.5, 0.6) is 5.75 Å². The highest BCUT2D eigenvalue weighted by molar-refractivity contribution is 5.90. The second-order valence-corrected chi connectivity index (χ2v) is 7.52. The van der Waals surface area contributed by atoms with Crippen molar-refractivity contribution < 1.29 is 19.1 Å². The lowest BCUT2D eigenvalue weighted by Crippen LogP contribution is -2.36. The number of nitrogens with two attached hydrogens (primary N) is 1. The summed E-state index contributed by atoms with van der Waals surface area (Å²) in [5.74, 6) is -0.181. The van der Waals surface area contributed by atoms with E-state index >= 15 is 0 Å². The second-order valence-electron chi connectivity index (χ2n) is 7.52. The number of carbonyl (C=O) groups excluding carboxylic acids is 2. The lowest BCUT2D eigenvalue weighted by molar-refractivity contribution is -0.140. The van der Waals surface area contributed by atoms with Crippen LogP contribution in [0.15, 0.2) is 54.6 Å². The van der Waals surface area contributed by atoms with E-state index in [-0.39, 0.29) is 24.5 Å². The van der Waals surface area contributed by atoms with Crippen molar-refractivity contribution in [1.29, 1.82) is 5.41 Å². The third kappa shape index (κ3) is 6.34. The quantitative estimate of drug-likeness (QED) is 0.280. The molecule has 0 radical (unpaired) electrons. The van der Waals surface area contributed by atoms with Crippen LogP contribution >= 0.6 is 0 Å². The first kappa shape index (κ1) is 21.4. The maximum atomic E-state index is 12.5. The Morgan fingerprint density at radius 2 is 1.77 bits per heavy atom. The van der Waals surface area contributed by atoms with Crippen LogP contribution < -0.4 is 15.8 Å². The van der Waals surface area contributed by atoms with Gasteiger partial charge in [-0.3, -0.25) is 10.2 Å². The summed E-state index contributed by atoms with van der Waals surface area (Å²) in [6.07, 6.45) is 3.24. The summed E-state index contributed by atoms with van der Waals surface area (Å²) < 4.78 is 10.9. The van der Waals surface area contributed by atoms with Crippen molar-refractivity contribution >= 4 is 17.9 Å². The van der Waals surface area contributed by atoms with Gasteiger partial charge in [-0.1, -0.05) is 36.4 Å². The predicted molar refractivity (Wildman–Crippen MR) is 113 cm³/mol. The lowest BCUT2D eigenvalue weighted by atomic mass is 9.82. The Kier molecular flexibility index (Phi) is 7.43. The first-order valence-electron chi connectivity index (χ1n) is 10.1. The number of nitrogens with one attached hydrogen (secondary N) is 2. The van der Waals surface area contributed by atoms with Crippen LogP contribution in [0.2, 0.25) is 0 Å². The first-order valence-corrected chi connectivity index (χ1v) is 10.1. The van der Waals surface area contributed by atoms with Gasteiger partial charge in [0.2, 0.25) is 0 Å². The fourth-order valence-corrected chi connectivity index (χ4v) is 3.55. The van der Waals surface area contributed by atoms with Gasteiger partial charge < -0.3 is 20.5 Å². The molecule has 3 rings (SSSR count). The molecule has 1 fully saturated rings. The fraction of sp³-hybridized carbons (Fsp3) is 0.348. The molecule has 4 N–H and O–H groups in total. The van der Waals surface area contributed by atoms with Crippen LogP contribution in [0.4, 0.5) is 0 Å². The molecule has 1 aliphatic carbocycles. The molecular formula is C23H27N3O4. The Bertz CT molecular complexity index is 877. The molecular weight excluding hydrogens is 382 g/mol. The third-order valence-corrected chi connectivity index (χ3v) is 5.26. The van der Waals surface area contributed by atoms with E-state index in [2.05, 4.69) is 5.32 Å². The van der Waals surface area contributed by atoms with E-state index in [1.807, 2.05) is 30.3 Å². The number of rotatable bonds is 7. The average Bonchev–Trinajstić information content (AvgIpc) is 2.77. The Balaban J connectivity index is 1.49. The molecule has 0 bridgehead atoms. The standard InChI is InChI=1S/C23H27N3O4/c24-23(25)26-14-16-9-11-18(12-10-16)22(28)30-20-8-4-7-19(13-20)21(27)29-15-17-5-2-1-3-6-17/h1-8,13,16,18H,9-12,14-15H2,(H4,24,25,26)/t16-,18-. The Morgan fingerprint density at radius 3 is 2.47 bits per heavy atom. The zero-order valence-corrected chi connectivity index (χ0v) is 16.8. The van der Waals surface area contributed by atoms with E-state index in [0.717, 1.165) is 31.2 Å². The highest BCUT2D eigenvalue weighted by atomic mass is 16.5. The van der Waals surface area contributed by atoms with Gasteiger partial charge in [-0.05, 0) is 55.4 Å². The van der Waals surface area contributed by atoms with E-state index < -0.39 is 5.97 Å². The molecule has 0 spiro atoms. The van der Waals surface area contributed by atoms with E-state index in [1.54, 1.807) is 18.2 Å². The van der Waals surface area contributed by atoms with Crippen LogP contribution in [-0.2, 0) is 16.1 Å². The summed E-state index contributed by atoms with van der Waals surface area (Å²) in [5, 5.41) is 10.1. The Hall–Kier alpha value is -3.35. The third-order valence-electron chi connectivity index (χ3n) is 5.26. The zero-order chi connectivity index (χ0) is 21.3. The van der Waals surface area contributed by atoms with Gasteiger partial charge in [0.15, 0.2) is 5.96 Å². The van der Waals surface area contributed by atoms with Gasteiger partial charge in [0, 0.05) is 6.54 Å². The molecule has 158 valence electrons. The van der Waals surface area contributed by atoms with Gasteiger partial charge in [0.1, 0.15) is 12.4 Å². The average molecular weight is 409 g/mol. The number of esters is 2. The monoisotopic (exact) mass is 409 g/mol. The van der Waals surface area contributed by atoms with Crippen molar-refractivity contribution in [3.63, 3.8) is 0 Å². The first-order chi connectivity index (χ1) is 14.5. The minimum absolute atomic E-state index is 0.0290. The van der Waals surface area contributed by atoms with Crippen molar-refractivity contribution in [2.45, 2.75) is 32.3 Å². The molecule has 0 unspecified atom stereocenters. The van der Waals surface area contributed by atoms with Crippen LogP contribution in [0.25, 0.3) is 0 Å². The highest BCUT2D eigenvalue weighted by Gasteiger charge is 2.28. The van der Waals surface area contributed by atoms with Gasteiger partial charge in [0.25, 0.3) is 0 Å². The summed E-state index contributed by atoms with van der Waals surface area (Å²) in [6, 6.07) is 15.9. The molecule has 1 aliphatic rings. The van der Waals surface area contributed by atoms with Gasteiger partial charge in [-0.15, -0.1) is 0 Å². The van der Waals surface area contributed by atoms with Crippen molar-refractivity contribution in [2.75, 3.05) is 6.54 Å². The van der Waals surface area contributed by atoms with Crippen molar-refractivity contribution in [3.05, 3.63) is 65.7 Å². The largest absolute Gasteiger partial charge is 0.457 e. The van der Waals surface area contributed by atoms with Crippen molar-refractivity contribution in [2.24, 2.45) is 17.6 Å². The van der Waals surface area contributed by atoms with Crippen molar-refractivity contribution in [1.82, 2.24) is 5.32 Å². The van der Waals surface area contributed by atoms with Crippen LogP contribution in [0.1, 0.15) is 41.6 Å². The summed E-state index contributed by atoms with van der Waals surface area (Å²) >= 11 is 0. The Morgan fingerprint density at radius 1 is 1.03 bits per heavy atom. The molecule has 0 amide bonds. The molecule has 0 saturated heterocycles. The summed E-state index contributed by atoms with van der Waals surface area (Å²) in [7, 11) is 0. The van der Waals surface area contributed by atoms with E-state index in [0.29, 0.717) is 23.8 Å². The minimum atomic E-state index is -0.463. The molecule has 1 saturated carbocycles. The molecule has 0 heterocycles. The Labute approximate surface area is 176 Å². The van der Waals surface area contributed by atoms with Gasteiger partial charge in [-0.25, -0.2) is 4.79 Å². The number of guanidine groups is 1. The molecule has 0 atom stereocenters. The molecule has 0 aliphatic heterocycles. The van der Waals surface area contributed by atoms with Crippen LogP contribution in [-0.4, -0.2) is 24.4 Å². The number of benzene rings is 2. The van der Waals surface area contributed by atoms with Gasteiger partial charge >= 0.3 is 11.9 Å². The normalized spacial score (nSPS) is 18.3. The topological polar surface area (TPSA) is 115 Å². The molecule has 0 aromatic heterocycles. The smallest absolute Gasteiger partial charge is 0.338 e. The van der Waals surface area contributed by atoms with E-state index in [4.69, 9.17) is 20.6 Å². The molecule has 2 aromatic rings. The van der Waals surface area contributed by atoms with Crippen molar-refractivity contribution in [3.8, 4) is 5.75 Å². The zero-order valence-electron chi connectivity index (χ0n) is 16.8. The van der Waals surface area contributed by atoms with E-state index in [1.165, 1.54) is 6.07 Å².